The lowest BCUT2D eigenvalue weighted by molar-refractivity contribution is 0.0914. The van der Waals surface area contributed by atoms with Crippen LogP contribution in [0.5, 0.6) is 0 Å². The Morgan fingerprint density at radius 2 is 1.80 bits per heavy atom. The maximum absolute atomic E-state index is 11.8. The molecule has 2 rings (SSSR count). The largest absolute Gasteiger partial charge is 0.450 e. The Kier molecular flexibility index (Phi) is 8.31. The molecule has 0 aromatic carbocycles. The van der Waals surface area contributed by atoms with Crippen LogP contribution in [0.25, 0.3) is 0 Å². The highest BCUT2D eigenvalue weighted by Gasteiger charge is 2.24. The van der Waals surface area contributed by atoms with E-state index in [2.05, 4.69) is 29.1 Å². The molecule has 0 bridgehead atoms. The van der Waals surface area contributed by atoms with Crippen LogP contribution >= 0.6 is 0 Å². The molecule has 0 aromatic heterocycles. The highest BCUT2D eigenvalue weighted by molar-refractivity contribution is 5.80. The Morgan fingerprint density at radius 3 is 2.40 bits per heavy atom. The van der Waals surface area contributed by atoms with E-state index in [4.69, 9.17) is 9.73 Å². The summed E-state index contributed by atoms with van der Waals surface area (Å²) in [6.07, 6.45) is 5.19. The smallest absolute Gasteiger partial charge is 0.409 e. The summed E-state index contributed by atoms with van der Waals surface area (Å²) in [5.74, 6) is 0.964. The van der Waals surface area contributed by atoms with Crippen molar-refractivity contribution in [2.75, 3.05) is 59.5 Å². The van der Waals surface area contributed by atoms with Gasteiger partial charge in [-0.15, -0.1) is 0 Å². The summed E-state index contributed by atoms with van der Waals surface area (Å²) in [4.78, 5) is 23.1. The standard InChI is InChI=1S/C18H35N5O2/c1-4-19-17(20-10-11-21(3)16-8-6-7-9-16)22-12-14-23(15-13-22)18(24)25-5-2/h16H,4-15H2,1-3H3,(H,19,20). The molecule has 144 valence electrons. The maximum Gasteiger partial charge on any atom is 0.409 e. The molecule has 1 amide bonds. The number of nitrogens with zero attached hydrogens (tertiary/aromatic N) is 4. The number of likely N-dealkylation sites (N-methyl/N-ethyl adjacent to an activating group) is 1. The second-order valence-electron chi connectivity index (χ2n) is 6.83. The van der Waals surface area contributed by atoms with Gasteiger partial charge in [0.2, 0.25) is 0 Å². The minimum absolute atomic E-state index is 0.206. The lowest BCUT2D eigenvalue weighted by atomic mass is 10.2. The van der Waals surface area contributed by atoms with Gasteiger partial charge in [-0.1, -0.05) is 12.8 Å². The second-order valence-corrected chi connectivity index (χ2v) is 6.83. The molecule has 2 aliphatic rings. The van der Waals surface area contributed by atoms with Gasteiger partial charge in [0.1, 0.15) is 0 Å². The van der Waals surface area contributed by atoms with Gasteiger partial charge in [-0.25, -0.2) is 4.79 Å². The Labute approximate surface area is 152 Å². The number of amides is 1. The summed E-state index contributed by atoms with van der Waals surface area (Å²) in [7, 11) is 2.22. The fourth-order valence-corrected chi connectivity index (χ4v) is 3.58. The molecule has 0 unspecified atom stereocenters. The lowest BCUT2D eigenvalue weighted by Crippen LogP contribution is -2.54. The van der Waals surface area contributed by atoms with E-state index in [-0.39, 0.29) is 6.09 Å². The first-order chi connectivity index (χ1) is 12.2. The average Bonchev–Trinajstić information content (AvgIpc) is 3.16. The molecule has 0 atom stereocenters. The monoisotopic (exact) mass is 353 g/mol. The van der Waals surface area contributed by atoms with E-state index in [0.29, 0.717) is 19.7 Å². The second kappa shape index (κ2) is 10.5. The number of hydrogen-bond donors (Lipinski definition) is 1. The van der Waals surface area contributed by atoms with Gasteiger partial charge in [-0.3, -0.25) is 4.99 Å². The van der Waals surface area contributed by atoms with Crippen molar-refractivity contribution in [3.05, 3.63) is 0 Å². The van der Waals surface area contributed by atoms with E-state index in [1.54, 1.807) is 4.90 Å². The summed E-state index contributed by atoms with van der Waals surface area (Å²) < 4.78 is 5.08. The zero-order chi connectivity index (χ0) is 18.1. The summed E-state index contributed by atoms with van der Waals surface area (Å²) in [5.41, 5.74) is 0. The number of piperazine rings is 1. The first kappa shape index (κ1) is 19.8. The van der Waals surface area contributed by atoms with Gasteiger partial charge >= 0.3 is 6.09 Å². The molecule has 25 heavy (non-hydrogen) atoms. The van der Waals surface area contributed by atoms with E-state index in [1.807, 2.05) is 6.92 Å². The van der Waals surface area contributed by atoms with Crippen LogP contribution in [0.1, 0.15) is 39.5 Å². The molecule has 1 aliphatic carbocycles. The first-order valence-electron chi connectivity index (χ1n) is 9.80. The summed E-state index contributed by atoms with van der Waals surface area (Å²) in [6.45, 7) is 9.99. The molecule has 7 heteroatoms. The quantitative estimate of drug-likeness (QED) is 0.581. The molecule has 1 aliphatic heterocycles. The minimum atomic E-state index is -0.206. The topological polar surface area (TPSA) is 60.4 Å². The molecule has 0 spiro atoms. The first-order valence-corrected chi connectivity index (χ1v) is 9.80. The van der Waals surface area contributed by atoms with Gasteiger partial charge in [-0.05, 0) is 33.7 Å². The molecule has 1 heterocycles. The number of guanidine groups is 1. The number of rotatable bonds is 6. The van der Waals surface area contributed by atoms with Gasteiger partial charge in [-0.2, -0.15) is 0 Å². The van der Waals surface area contributed by atoms with Gasteiger partial charge in [0.05, 0.1) is 13.2 Å². The normalized spacial score (nSPS) is 19.6. The van der Waals surface area contributed by atoms with Crippen molar-refractivity contribution in [2.45, 2.75) is 45.6 Å². The van der Waals surface area contributed by atoms with Crippen molar-refractivity contribution >= 4 is 12.1 Å². The van der Waals surface area contributed by atoms with Gasteiger partial charge < -0.3 is 24.8 Å². The van der Waals surface area contributed by atoms with Crippen molar-refractivity contribution in [2.24, 2.45) is 4.99 Å². The maximum atomic E-state index is 11.8. The van der Waals surface area contributed by atoms with Crippen LogP contribution in [0.4, 0.5) is 4.79 Å². The molecule has 2 fully saturated rings. The third-order valence-corrected chi connectivity index (χ3v) is 5.10. The molecule has 0 radical (unpaired) electrons. The van der Waals surface area contributed by atoms with Crippen LogP contribution in [0.2, 0.25) is 0 Å². The predicted molar refractivity (Wildman–Crippen MR) is 101 cm³/mol. The summed E-state index contributed by atoms with van der Waals surface area (Å²) >= 11 is 0. The molecular formula is C18H35N5O2. The number of carbonyl (C=O) groups is 1. The Hall–Kier alpha value is -1.50. The van der Waals surface area contributed by atoms with Crippen LogP contribution < -0.4 is 5.32 Å². The Morgan fingerprint density at radius 1 is 1.16 bits per heavy atom. The van der Waals surface area contributed by atoms with Crippen LogP contribution in [0.3, 0.4) is 0 Å². The van der Waals surface area contributed by atoms with E-state index < -0.39 is 0 Å². The third-order valence-electron chi connectivity index (χ3n) is 5.10. The van der Waals surface area contributed by atoms with Crippen molar-refractivity contribution < 1.29 is 9.53 Å². The van der Waals surface area contributed by atoms with Gasteiger partial charge in [0, 0.05) is 45.3 Å². The number of carbonyl (C=O) groups excluding carboxylic acids is 1. The number of ether oxygens (including phenoxy) is 1. The van der Waals surface area contributed by atoms with Gasteiger partial charge in [0.15, 0.2) is 5.96 Å². The highest BCUT2D eigenvalue weighted by Crippen LogP contribution is 2.21. The minimum Gasteiger partial charge on any atom is -0.450 e. The Balaban J connectivity index is 1.80. The molecule has 0 aromatic rings. The zero-order valence-electron chi connectivity index (χ0n) is 16.2. The number of nitrogens with one attached hydrogen (secondary N) is 1. The summed E-state index contributed by atoms with van der Waals surface area (Å²) in [6, 6.07) is 0.742. The molecule has 1 saturated carbocycles. The van der Waals surface area contributed by atoms with Crippen LogP contribution in [0, 0.1) is 0 Å². The number of aliphatic imine (C=N–C) groups is 1. The average molecular weight is 354 g/mol. The van der Waals surface area contributed by atoms with Crippen LogP contribution in [-0.2, 0) is 4.74 Å². The van der Waals surface area contributed by atoms with E-state index in [9.17, 15) is 4.79 Å². The van der Waals surface area contributed by atoms with Crippen molar-refractivity contribution in [1.82, 2.24) is 20.0 Å². The molecular weight excluding hydrogens is 318 g/mol. The summed E-state index contributed by atoms with van der Waals surface area (Å²) in [5, 5.41) is 3.39. The lowest BCUT2D eigenvalue weighted by Gasteiger charge is -2.36. The van der Waals surface area contributed by atoms with Crippen molar-refractivity contribution in [3.8, 4) is 0 Å². The molecule has 7 nitrogen and oxygen atoms in total. The van der Waals surface area contributed by atoms with Gasteiger partial charge in [0.25, 0.3) is 0 Å². The Bertz CT molecular complexity index is 429. The third kappa shape index (κ3) is 6.06. The van der Waals surface area contributed by atoms with Crippen molar-refractivity contribution in [3.63, 3.8) is 0 Å². The van der Waals surface area contributed by atoms with E-state index in [0.717, 1.165) is 44.7 Å². The predicted octanol–water partition coefficient (Wildman–Crippen LogP) is 1.60. The fraction of sp³-hybridized carbons (Fsp3) is 0.889. The highest BCUT2D eigenvalue weighted by atomic mass is 16.6. The van der Waals surface area contributed by atoms with Crippen LogP contribution in [-0.4, -0.2) is 92.3 Å². The molecule has 1 saturated heterocycles. The van der Waals surface area contributed by atoms with Crippen LogP contribution in [0.15, 0.2) is 4.99 Å². The van der Waals surface area contributed by atoms with E-state index >= 15 is 0 Å². The fourth-order valence-electron chi connectivity index (χ4n) is 3.58. The number of hydrogen-bond acceptors (Lipinski definition) is 4. The molecule has 1 N–H and O–H groups in total. The van der Waals surface area contributed by atoms with E-state index in [1.165, 1.54) is 25.7 Å². The zero-order valence-corrected chi connectivity index (χ0v) is 16.2. The van der Waals surface area contributed by atoms with Crippen molar-refractivity contribution in [1.29, 1.82) is 0 Å². The SMILES string of the molecule is CCNC(=NCCN(C)C1CCCC1)N1CCN(C(=O)OCC)CC1.